The molecule has 2 rings (SSSR count). The van der Waals surface area contributed by atoms with E-state index < -0.39 is 0 Å². The number of hydrogen-bond donors (Lipinski definition) is 1. The lowest BCUT2D eigenvalue weighted by Gasteiger charge is -2.10. The minimum atomic E-state index is -0.0823. The van der Waals surface area contributed by atoms with Crippen LogP contribution in [0.2, 0.25) is 0 Å². The van der Waals surface area contributed by atoms with E-state index in [0.717, 1.165) is 17.2 Å². The largest absolute Gasteiger partial charge is 0.373 e. The second-order valence-corrected chi connectivity index (χ2v) is 4.43. The molecule has 0 unspecified atom stereocenters. The van der Waals surface area contributed by atoms with Crippen molar-refractivity contribution in [3.63, 3.8) is 0 Å². The highest BCUT2D eigenvalue weighted by atomic mass is 16.1. The number of aryl methyl sites for hydroxylation is 3. The van der Waals surface area contributed by atoms with Crippen LogP contribution in [-0.2, 0) is 6.54 Å². The maximum absolute atomic E-state index is 12.0. The zero-order chi connectivity index (χ0) is 14.0. The number of aromatic nitrogens is 4. The molecule has 0 aliphatic carbocycles. The summed E-state index contributed by atoms with van der Waals surface area (Å²) in [5.74, 6) is 2.01. The fraction of sp³-hybridized carbons (Fsp3) is 0.385. The normalized spacial score (nSPS) is 10.5. The van der Waals surface area contributed by atoms with Gasteiger partial charge in [-0.15, -0.1) is 0 Å². The van der Waals surface area contributed by atoms with Crippen LogP contribution in [0.3, 0.4) is 0 Å². The van der Waals surface area contributed by atoms with E-state index in [-0.39, 0.29) is 5.56 Å². The Morgan fingerprint density at radius 2 is 1.79 bits per heavy atom. The Hall–Kier alpha value is -2.24. The van der Waals surface area contributed by atoms with Crippen LogP contribution < -0.4 is 10.9 Å². The zero-order valence-corrected chi connectivity index (χ0v) is 11.6. The molecule has 2 aromatic rings. The summed E-state index contributed by atoms with van der Waals surface area (Å²) >= 11 is 0. The van der Waals surface area contributed by atoms with E-state index >= 15 is 0 Å². The highest BCUT2D eigenvalue weighted by Crippen LogP contribution is 2.06. The lowest BCUT2D eigenvalue weighted by molar-refractivity contribution is 0.662. The number of hydrogen-bond acceptors (Lipinski definition) is 5. The number of nitrogens with zero attached hydrogens (tertiary/aromatic N) is 4. The first-order valence-corrected chi connectivity index (χ1v) is 6.07. The Balaban J connectivity index is 2.42. The topological polar surface area (TPSA) is 72.7 Å². The van der Waals surface area contributed by atoms with E-state index in [2.05, 4.69) is 20.3 Å². The van der Waals surface area contributed by atoms with Crippen molar-refractivity contribution in [1.29, 1.82) is 0 Å². The van der Waals surface area contributed by atoms with Gasteiger partial charge in [0.05, 0.1) is 6.54 Å². The van der Waals surface area contributed by atoms with Crippen LogP contribution in [0.25, 0.3) is 0 Å². The third-order valence-corrected chi connectivity index (χ3v) is 2.78. The summed E-state index contributed by atoms with van der Waals surface area (Å²) in [5, 5.41) is 2.98. The smallest absolute Gasteiger partial charge is 0.254 e. The van der Waals surface area contributed by atoms with Crippen LogP contribution in [0.1, 0.15) is 23.0 Å². The molecule has 6 nitrogen and oxygen atoms in total. The Kier molecular flexibility index (Phi) is 3.59. The Morgan fingerprint density at radius 3 is 2.42 bits per heavy atom. The molecule has 0 saturated heterocycles. The third-order valence-electron chi connectivity index (χ3n) is 2.78. The van der Waals surface area contributed by atoms with Crippen molar-refractivity contribution in [2.24, 2.45) is 0 Å². The molecule has 2 heterocycles. The van der Waals surface area contributed by atoms with Crippen molar-refractivity contribution in [2.75, 3.05) is 12.4 Å². The van der Waals surface area contributed by atoms with E-state index in [0.29, 0.717) is 18.2 Å². The van der Waals surface area contributed by atoms with E-state index in [1.54, 1.807) is 18.5 Å². The standard InChI is InChI=1S/C13H17N5O/c1-8-5-11(14-4)17-12(16-8)7-18-10(3)15-9(2)6-13(18)19/h5-6H,7H2,1-4H3,(H,14,16,17). The van der Waals surface area contributed by atoms with Crippen LogP contribution in [0.15, 0.2) is 16.9 Å². The summed E-state index contributed by atoms with van der Waals surface area (Å²) in [4.78, 5) is 24.9. The molecule has 6 heteroatoms. The summed E-state index contributed by atoms with van der Waals surface area (Å²) in [5.41, 5.74) is 1.50. The van der Waals surface area contributed by atoms with Gasteiger partial charge in [-0.2, -0.15) is 0 Å². The van der Waals surface area contributed by atoms with Crippen LogP contribution in [0.5, 0.6) is 0 Å². The van der Waals surface area contributed by atoms with E-state index in [4.69, 9.17) is 0 Å². The van der Waals surface area contributed by atoms with E-state index in [1.165, 1.54) is 6.07 Å². The van der Waals surface area contributed by atoms with Crippen molar-refractivity contribution >= 4 is 5.82 Å². The summed E-state index contributed by atoms with van der Waals surface area (Å²) < 4.78 is 1.57. The van der Waals surface area contributed by atoms with Gasteiger partial charge >= 0.3 is 0 Å². The minimum absolute atomic E-state index is 0.0823. The molecule has 0 saturated carbocycles. The van der Waals surface area contributed by atoms with Gasteiger partial charge in [-0.25, -0.2) is 15.0 Å². The van der Waals surface area contributed by atoms with Crippen molar-refractivity contribution in [2.45, 2.75) is 27.3 Å². The zero-order valence-electron chi connectivity index (χ0n) is 11.6. The molecule has 0 spiro atoms. The Bertz CT molecular complexity index is 663. The fourth-order valence-electron chi connectivity index (χ4n) is 1.93. The molecule has 0 bridgehead atoms. The molecule has 0 atom stereocenters. The maximum atomic E-state index is 12.0. The molecule has 2 aromatic heterocycles. The first-order chi connectivity index (χ1) is 8.99. The van der Waals surface area contributed by atoms with Crippen LogP contribution in [-0.4, -0.2) is 26.6 Å². The predicted molar refractivity (Wildman–Crippen MR) is 73.4 cm³/mol. The molecule has 0 amide bonds. The van der Waals surface area contributed by atoms with E-state index in [1.807, 2.05) is 19.9 Å². The van der Waals surface area contributed by atoms with Gasteiger partial charge in [0.15, 0.2) is 5.82 Å². The Morgan fingerprint density at radius 1 is 1.11 bits per heavy atom. The minimum Gasteiger partial charge on any atom is -0.373 e. The second-order valence-electron chi connectivity index (χ2n) is 4.43. The average molecular weight is 259 g/mol. The third kappa shape index (κ3) is 2.96. The van der Waals surface area contributed by atoms with Gasteiger partial charge in [-0.3, -0.25) is 9.36 Å². The van der Waals surface area contributed by atoms with Crippen LogP contribution >= 0.6 is 0 Å². The van der Waals surface area contributed by atoms with Gasteiger partial charge in [-0.1, -0.05) is 0 Å². The van der Waals surface area contributed by atoms with Crippen LogP contribution in [0, 0.1) is 20.8 Å². The molecule has 1 N–H and O–H groups in total. The van der Waals surface area contributed by atoms with Gasteiger partial charge in [0.25, 0.3) is 5.56 Å². The SMILES string of the molecule is CNc1cc(C)nc(Cn2c(C)nc(C)cc2=O)n1. The predicted octanol–water partition coefficient (Wildman–Crippen LogP) is 1.05. The van der Waals surface area contributed by atoms with Gasteiger partial charge in [0.2, 0.25) is 0 Å². The second kappa shape index (κ2) is 5.17. The molecule has 0 aliphatic rings. The fourth-order valence-corrected chi connectivity index (χ4v) is 1.93. The first kappa shape index (κ1) is 13.2. The van der Waals surface area contributed by atoms with E-state index in [9.17, 15) is 4.79 Å². The summed E-state index contributed by atoms with van der Waals surface area (Å²) in [7, 11) is 1.80. The summed E-state index contributed by atoms with van der Waals surface area (Å²) in [6, 6.07) is 3.37. The number of rotatable bonds is 3. The molecule has 0 radical (unpaired) electrons. The van der Waals surface area contributed by atoms with Crippen molar-refractivity contribution < 1.29 is 0 Å². The van der Waals surface area contributed by atoms with Gasteiger partial charge in [0.1, 0.15) is 11.6 Å². The molecular formula is C13H17N5O. The van der Waals surface area contributed by atoms with Gasteiger partial charge < -0.3 is 5.32 Å². The summed E-state index contributed by atoms with van der Waals surface area (Å²) in [6.45, 7) is 5.84. The molecule has 0 aliphatic heterocycles. The van der Waals surface area contributed by atoms with Crippen LogP contribution in [0.4, 0.5) is 5.82 Å². The molecule has 100 valence electrons. The number of anilines is 1. The summed E-state index contributed by atoms with van der Waals surface area (Å²) in [6.07, 6.45) is 0. The quantitative estimate of drug-likeness (QED) is 0.892. The highest BCUT2D eigenvalue weighted by molar-refractivity contribution is 5.34. The van der Waals surface area contributed by atoms with Crippen molar-refractivity contribution in [3.8, 4) is 0 Å². The Labute approximate surface area is 111 Å². The lowest BCUT2D eigenvalue weighted by atomic mass is 10.4. The van der Waals surface area contributed by atoms with Gasteiger partial charge in [-0.05, 0) is 20.8 Å². The number of nitrogens with one attached hydrogen (secondary N) is 1. The van der Waals surface area contributed by atoms with Crippen molar-refractivity contribution in [1.82, 2.24) is 19.5 Å². The highest BCUT2D eigenvalue weighted by Gasteiger charge is 2.07. The van der Waals surface area contributed by atoms with Crippen molar-refractivity contribution in [3.05, 3.63) is 45.5 Å². The maximum Gasteiger partial charge on any atom is 0.254 e. The first-order valence-electron chi connectivity index (χ1n) is 6.07. The molecular weight excluding hydrogens is 242 g/mol. The average Bonchev–Trinajstić information content (AvgIpc) is 2.33. The lowest BCUT2D eigenvalue weighted by Crippen LogP contribution is -2.25. The monoisotopic (exact) mass is 259 g/mol. The molecule has 0 fully saturated rings. The molecule has 0 aromatic carbocycles. The van der Waals surface area contributed by atoms with Gasteiger partial charge in [0, 0.05) is 30.6 Å². The molecule has 19 heavy (non-hydrogen) atoms.